The molecule has 1 atom stereocenters. The number of carbonyl (C=O) groups excluding carboxylic acids is 1. The van der Waals surface area contributed by atoms with Crippen LogP contribution >= 0.6 is 0 Å². The Morgan fingerprint density at radius 1 is 1.40 bits per heavy atom. The molecule has 5 nitrogen and oxygen atoms in total. The first kappa shape index (κ1) is 16.0. The predicted molar refractivity (Wildman–Crippen MR) is 78.7 cm³/mol. The van der Waals surface area contributed by atoms with E-state index in [2.05, 4.69) is 5.32 Å². The van der Waals surface area contributed by atoms with E-state index in [1.54, 1.807) is 27.7 Å². The second kappa shape index (κ2) is 6.93. The molecule has 0 heterocycles. The third-order valence-corrected chi connectivity index (χ3v) is 2.32. The molecule has 1 amide bonds. The summed E-state index contributed by atoms with van der Waals surface area (Å²) in [5.41, 5.74) is 0.369. The molecule has 1 aromatic carbocycles. The van der Waals surface area contributed by atoms with Crippen molar-refractivity contribution in [3.8, 4) is 0 Å². The molecule has 0 bridgehead atoms. The SMILES string of the molecule is C[C@H](/C=[N+](\[O-])Cc1ccccc1)NC(=O)OC(C)(C)C. The van der Waals surface area contributed by atoms with Gasteiger partial charge >= 0.3 is 6.09 Å². The van der Waals surface area contributed by atoms with E-state index < -0.39 is 17.7 Å². The average Bonchev–Trinajstić information content (AvgIpc) is 2.26. The van der Waals surface area contributed by atoms with Crippen molar-refractivity contribution < 1.29 is 14.3 Å². The number of nitrogens with zero attached hydrogens (tertiary/aromatic N) is 1. The Morgan fingerprint density at radius 2 is 2.00 bits per heavy atom. The Labute approximate surface area is 119 Å². The lowest BCUT2D eigenvalue weighted by Crippen LogP contribution is -2.39. The standard InChI is InChI=1S/C15H22N2O3/c1-12(16-14(18)20-15(2,3)4)10-17(19)11-13-8-6-5-7-9-13/h5-10,12H,11H2,1-4H3,(H,16,18)/b17-10-/t12-/m1/s1. The summed E-state index contributed by atoms with van der Waals surface area (Å²) in [5, 5.41) is 14.4. The first-order valence-corrected chi connectivity index (χ1v) is 6.58. The first-order chi connectivity index (χ1) is 9.26. The largest absolute Gasteiger partial charge is 0.624 e. The molecule has 0 aromatic heterocycles. The Morgan fingerprint density at radius 3 is 2.55 bits per heavy atom. The maximum atomic E-state index is 11.8. The summed E-state index contributed by atoms with van der Waals surface area (Å²) < 4.78 is 5.92. The van der Waals surface area contributed by atoms with E-state index in [-0.39, 0.29) is 6.54 Å². The number of carbonyl (C=O) groups is 1. The van der Waals surface area contributed by atoms with Crippen LogP contribution in [0.1, 0.15) is 33.3 Å². The van der Waals surface area contributed by atoms with Crippen LogP contribution in [0.15, 0.2) is 30.3 Å². The molecule has 0 unspecified atom stereocenters. The molecule has 1 rings (SSSR count). The van der Waals surface area contributed by atoms with E-state index in [1.807, 2.05) is 30.3 Å². The first-order valence-electron chi connectivity index (χ1n) is 6.58. The fourth-order valence-electron chi connectivity index (χ4n) is 1.60. The monoisotopic (exact) mass is 278 g/mol. The Balaban J connectivity index is 2.49. The second-order valence-corrected chi connectivity index (χ2v) is 5.64. The number of hydrogen-bond donors (Lipinski definition) is 1. The summed E-state index contributed by atoms with van der Waals surface area (Å²) in [6.45, 7) is 7.34. The average molecular weight is 278 g/mol. The van der Waals surface area contributed by atoms with Gasteiger partial charge in [-0.2, -0.15) is 0 Å². The highest BCUT2D eigenvalue weighted by Crippen LogP contribution is 2.06. The molecule has 20 heavy (non-hydrogen) atoms. The van der Waals surface area contributed by atoms with Gasteiger partial charge in [-0.3, -0.25) is 0 Å². The molecule has 0 aliphatic carbocycles. The van der Waals surface area contributed by atoms with Gasteiger partial charge in [-0.05, 0) is 27.7 Å². The summed E-state index contributed by atoms with van der Waals surface area (Å²) >= 11 is 0. The van der Waals surface area contributed by atoms with Gasteiger partial charge in [-0.25, -0.2) is 9.53 Å². The van der Waals surface area contributed by atoms with Crippen LogP contribution in [0.4, 0.5) is 4.79 Å². The van der Waals surface area contributed by atoms with Crippen LogP contribution in [0.2, 0.25) is 0 Å². The van der Waals surface area contributed by atoms with Crippen LogP contribution in [-0.4, -0.2) is 28.7 Å². The molecule has 0 aliphatic heterocycles. The summed E-state index contributed by atoms with van der Waals surface area (Å²) in [6, 6.07) is 9.02. The molecule has 5 heteroatoms. The van der Waals surface area contributed by atoms with Crippen LogP contribution in [0.5, 0.6) is 0 Å². The quantitative estimate of drug-likeness (QED) is 0.398. The molecule has 110 valence electrons. The summed E-state index contributed by atoms with van der Waals surface area (Å²) in [7, 11) is 0. The van der Waals surface area contributed by atoms with Crippen molar-refractivity contribution in [1.82, 2.24) is 5.32 Å². The van der Waals surface area contributed by atoms with Crippen molar-refractivity contribution >= 4 is 12.3 Å². The van der Waals surface area contributed by atoms with Crippen molar-refractivity contribution in [2.75, 3.05) is 0 Å². The highest BCUT2D eigenvalue weighted by molar-refractivity contribution is 5.73. The molecule has 1 N–H and O–H groups in total. The summed E-state index contributed by atoms with van der Waals surface area (Å²) in [6.07, 6.45) is 0.881. The van der Waals surface area contributed by atoms with Crippen molar-refractivity contribution in [2.24, 2.45) is 0 Å². The molecule has 0 radical (unpaired) electrons. The van der Waals surface area contributed by atoms with E-state index in [0.717, 1.165) is 10.3 Å². The van der Waals surface area contributed by atoms with Crippen LogP contribution in [0.25, 0.3) is 0 Å². The number of hydrogen-bond acceptors (Lipinski definition) is 3. The highest BCUT2D eigenvalue weighted by atomic mass is 16.6. The van der Waals surface area contributed by atoms with Gasteiger partial charge in [0.2, 0.25) is 0 Å². The third-order valence-electron chi connectivity index (χ3n) is 2.32. The number of alkyl carbamates (subject to hydrolysis) is 1. The van der Waals surface area contributed by atoms with Crippen molar-refractivity contribution in [3.63, 3.8) is 0 Å². The lowest BCUT2D eigenvalue weighted by atomic mass is 10.2. The van der Waals surface area contributed by atoms with Crippen molar-refractivity contribution in [3.05, 3.63) is 41.1 Å². The summed E-state index contributed by atoms with van der Waals surface area (Å²) in [5.74, 6) is 0. The molecule has 1 aromatic rings. The zero-order valence-electron chi connectivity index (χ0n) is 12.4. The van der Waals surface area contributed by atoms with Gasteiger partial charge in [0.25, 0.3) is 0 Å². The van der Waals surface area contributed by atoms with Gasteiger partial charge in [0.1, 0.15) is 11.6 Å². The smallest absolute Gasteiger partial charge is 0.408 e. The van der Waals surface area contributed by atoms with Crippen LogP contribution in [0, 0.1) is 5.21 Å². The fourth-order valence-corrected chi connectivity index (χ4v) is 1.60. The topological polar surface area (TPSA) is 64.4 Å². The minimum atomic E-state index is -0.551. The van der Waals surface area contributed by atoms with Crippen molar-refractivity contribution in [1.29, 1.82) is 0 Å². The van der Waals surface area contributed by atoms with Crippen LogP contribution < -0.4 is 5.32 Å². The Hall–Kier alpha value is -2.04. The molecule has 0 saturated carbocycles. The minimum absolute atomic E-state index is 0.251. The fraction of sp³-hybridized carbons (Fsp3) is 0.467. The summed E-state index contributed by atoms with van der Waals surface area (Å²) in [4.78, 5) is 11.5. The maximum Gasteiger partial charge on any atom is 0.408 e. The lowest BCUT2D eigenvalue weighted by molar-refractivity contribution is -0.471. The van der Waals surface area contributed by atoms with Gasteiger partial charge < -0.3 is 15.3 Å². The second-order valence-electron chi connectivity index (χ2n) is 5.64. The zero-order valence-corrected chi connectivity index (χ0v) is 12.4. The number of amides is 1. The maximum absolute atomic E-state index is 11.8. The van der Waals surface area contributed by atoms with Gasteiger partial charge in [-0.1, -0.05) is 30.3 Å². The molecular formula is C15H22N2O3. The molecule has 0 saturated heterocycles. The van der Waals surface area contributed by atoms with Gasteiger partial charge in [-0.15, -0.1) is 0 Å². The number of rotatable bonds is 4. The molecule has 0 spiro atoms. The number of hydroxylamine groups is 1. The van der Waals surface area contributed by atoms with Crippen LogP contribution in [0.3, 0.4) is 0 Å². The van der Waals surface area contributed by atoms with Gasteiger partial charge in [0.15, 0.2) is 12.8 Å². The highest BCUT2D eigenvalue weighted by Gasteiger charge is 2.17. The zero-order chi connectivity index (χ0) is 15.2. The third kappa shape index (κ3) is 6.78. The minimum Gasteiger partial charge on any atom is -0.624 e. The van der Waals surface area contributed by atoms with E-state index in [1.165, 1.54) is 6.21 Å². The van der Waals surface area contributed by atoms with Crippen molar-refractivity contribution in [2.45, 2.75) is 45.9 Å². The van der Waals surface area contributed by atoms with E-state index in [0.29, 0.717) is 0 Å². The number of ether oxygens (including phenoxy) is 1. The normalized spacial score (nSPS) is 13.7. The van der Waals surface area contributed by atoms with Crippen LogP contribution in [-0.2, 0) is 11.3 Å². The Kier molecular flexibility index (Phi) is 5.55. The van der Waals surface area contributed by atoms with E-state index in [4.69, 9.17) is 4.74 Å². The predicted octanol–water partition coefficient (Wildman–Crippen LogP) is 2.68. The van der Waals surface area contributed by atoms with E-state index in [9.17, 15) is 10.0 Å². The molecule has 0 aliphatic rings. The number of benzene rings is 1. The van der Waals surface area contributed by atoms with E-state index >= 15 is 0 Å². The number of nitrogens with one attached hydrogen (secondary N) is 1. The lowest BCUT2D eigenvalue weighted by Gasteiger charge is -2.20. The molecule has 0 fully saturated rings. The Bertz CT molecular complexity index is 464. The molecular weight excluding hydrogens is 256 g/mol. The van der Waals surface area contributed by atoms with Gasteiger partial charge in [0.05, 0.1) is 0 Å². The van der Waals surface area contributed by atoms with Gasteiger partial charge in [0, 0.05) is 5.56 Å².